The monoisotopic (exact) mass is 275 g/mol. The molecule has 2 bridgehead atoms. The zero-order valence-corrected chi connectivity index (χ0v) is 11.5. The topological polar surface area (TPSA) is 67.6 Å². The quantitative estimate of drug-likeness (QED) is 0.816. The predicted molar refractivity (Wildman–Crippen MR) is 78.4 cm³/mol. The van der Waals surface area contributed by atoms with E-state index >= 15 is 0 Å². The van der Waals surface area contributed by atoms with E-state index in [2.05, 4.69) is 10.2 Å². The Labute approximate surface area is 119 Å². The molecule has 2 saturated heterocycles. The fourth-order valence-corrected chi connectivity index (χ4v) is 2.98. The number of anilines is 2. The van der Waals surface area contributed by atoms with Gasteiger partial charge in [-0.05, 0) is 31.0 Å². The fourth-order valence-electron chi connectivity index (χ4n) is 2.98. The summed E-state index contributed by atoms with van der Waals surface area (Å²) < 4.78 is 5.79. The third-order valence-electron chi connectivity index (χ3n) is 3.94. The van der Waals surface area contributed by atoms with Crippen LogP contribution in [-0.4, -0.2) is 42.6 Å². The minimum absolute atomic E-state index is 0.0365. The van der Waals surface area contributed by atoms with Gasteiger partial charge in [-0.3, -0.25) is 9.69 Å². The van der Waals surface area contributed by atoms with E-state index in [9.17, 15) is 4.79 Å². The van der Waals surface area contributed by atoms with Gasteiger partial charge in [-0.25, -0.2) is 0 Å². The van der Waals surface area contributed by atoms with E-state index in [1.54, 1.807) is 12.1 Å². The zero-order valence-electron chi connectivity index (χ0n) is 11.5. The van der Waals surface area contributed by atoms with E-state index in [4.69, 9.17) is 10.5 Å². The summed E-state index contributed by atoms with van der Waals surface area (Å²) in [6.07, 6.45) is 3.60. The number of carbonyl (C=O) groups is 1. The van der Waals surface area contributed by atoms with Crippen molar-refractivity contribution in [2.45, 2.75) is 31.5 Å². The Morgan fingerprint density at radius 2 is 2.10 bits per heavy atom. The van der Waals surface area contributed by atoms with Crippen LogP contribution in [0, 0.1) is 0 Å². The van der Waals surface area contributed by atoms with Crippen LogP contribution in [0.1, 0.15) is 19.3 Å². The number of benzene rings is 1. The summed E-state index contributed by atoms with van der Waals surface area (Å²) in [6, 6.07) is 7.26. The number of amides is 1. The van der Waals surface area contributed by atoms with Gasteiger partial charge in [0, 0.05) is 37.4 Å². The summed E-state index contributed by atoms with van der Waals surface area (Å²) in [7, 11) is 0. The van der Waals surface area contributed by atoms with Crippen molar-refractivity contribution in [2.24, 2.45) is 0 Å². The van der Waals surface area contributed by atoms with Crippen LogP contribution in [0.5, 0.6) is 0 Å². The summed E-state index contributed by atoms with van der Waals surface area (Å²) in [4.78, 5) is 14.3. The Hall–Kier alpha value is -1.59. The van der Waals surface area contributed by atoms with Gasteiger partial charge in [-0.2, -0.15) is 0 Å². The largest absolute Gasteiger partial charge is 0.399 e. The van der Waals surface area contributed by atoms with Crippen molar-refractivity contribution in [3.63, 3.8) is 0 Å². The second kappa shape index (κ2) is 5.81. The molecule has 108 valence electrons. The molecule has 20 heavy (non-hydrogen) atoms. The summed E-state index contributed by atoms with van der Waals surface area (Å²) in [5.74, 6) is 0.0365. The lowest BCUT2D eigenvalue weighted by molar-refractivity contribution is -0.117. The number of rotatable bonds is 4. The molecule has 2 aliphatic heterocycles. The number of fused-ring (bicyclic) bond motifs is 2. The van der Waals surface area contributed by atoms with Gasteiger partial charge in [0.15, 0.2) is 0 Å². The molecule has 5 heteroatoms. The number of nitrogens with zero attached hydrogens (tertiary/aromatic N) is 1. The minimum Gasteiger partial charge on any atom is -0.399 e. The molecule has 2 unspecified atom stereocenters. The molecule has 2 atom stereocenters. The number of hydrogen-bond donors (Lipinski definition) is 2. The maximum Gasteiger partial charge on any atom is 0.225 e. The van der Waals surface area contributed by atoms with Crippen molar-refractivity contribution in [3.05, 3.63) is 24.3 Å². The smallest absolute Gasteiger partial charge is 0.225 e. The highest BCUT2D eigenvalue weighted by Gasteiger charge is 2.33. The van der Waals surface area contributed by atoms with Crippen LogP contribution in [0.3, 0.4) is 0 Å². The third kappa shape index (κ3) is 3.29. The molecular formula is C15H21N3O2. The van der Waals surface area contributed by atoms with Crippen LogP contribution in [-0.2, 0) is 9.53 Å². The molecule has 0 spiro atoms. The molecule has 0 aliphatic carbocycles. The van der Waals surface area contributed by atoms with Crippen LogP contribution >= 0.6 is 0 Å². The van der Waals surface area contributed by atoms with Crippen molar-refractivity contribution >= 4 is 17.3 Å². The Balaban J connectivity index is 1.45. The first-order chi connectivity index (χ1) is 9.69. The van der Waals surface area contributed by atoms with Gasteiger partial charge in [-0.15, -0.1) is 0 Å². The first-order valence-corrected chi connectivity index (χ1v) is 7.22. The van der Waals surface area contributed by atoms with Gasteiger partial charge in [0.25, 0.3) is 0 Å². The maximum absolute atomic E-state index is 11.9. The summed E-state index contributed by atoms with van der Waals surface area (Å²) >= 11 is 0. The Bertz CT molecular complexity index is 480. The second-order valence-electron chi connectivity index (χ2n) is 5.64. The van der Waals surface area contributed by atoms with Gasteiger partial charge < -0.3 is 15.8 Å². The molecule has 2 fully saturated rings. The first kappa shape index (κ1) is 13.4. The Morgan fingerprint density at radius 1 is 1.35 bits per heavy atom. The highest BCUT2D eigenvalue weighted by atomic mass is 16.5. The molecule has 2 heterocycles. The highest BCUT2D eigenvalue weighted by molar-refractivity contribution is 5.91. The highest BCUT2D eigenvalue weighted by Crippen LogP contribution is 2.26. The number of morpholine rings is 1. The first-order valence-electron chi connectivity index (χ1n) is 7.22. The van der Waals surface area contributed by atoms with Crippen LogP contribution in [0.2, 0.25) is 0 Å². The molecule has 0 saturated carbocycles. The molecule has 1 amide bonds. The lowest BCUT2D eigenvalue weighted by Gasteiger charge is -2.31. The van der Waals surface area contributed by atoms with Crippen LogP contribution in [0.15, 0.2) is 24.3 Å². The number of nitrogen functional groups attached to an aromatic ring is 1. The molecule has 0 aromatic heterocycles. The third-order valence-corrected chi connectivity index (χ3v) is 3.94. The van der Waals surface area contributed by atoms with Crippen LogP contribution in [0.4, 0.5) is 11.4 Å². The number of likely N-dealkylation sites (tertiary alicyclic amines) is 1. The molecule has 1 aromatic carbocycles. The summed E-state index contributed by atoms with van der Waals surface area (Å²) in [5, 5.41) is 2.88. The van der Waals surface area contributed by atoms with E-state index < -0.39 is 0 Å². The van der Waals surface area contributed by atoms with Gasteiger partial charge in [-0.1, -0.05) is 6.07 Å². The van der Waals surface area contributed by atoms with E-state index in [1.807, 2.05) is 12.1 Å². The zero-order chi connectivity index (χ0) is 13.9. The van der Waals surface area contributed by atoms with Gasteiger partial charge in [0.1, 0.15) is 0 Å². The van der Waals surface area contributed by atoms with Gasteiger partial charge >= 0.3 is 0 Å². The van der Waals surface area contributed by atoms with Crippen molar-refractivity contribution in [1.82, 2.24) is 4.90 Å². The van der Waals surface area contributed by atoms with Gasteiger partial charge in [0.05, 0.1) is 12.2 Å². The van der Waals surface area contributed by atoms with Crippen molar-refractivity contribution in [3.8, 4) is 0 Å². The molecule has 2 aliphatic rings. The summed E-state index contributed by atoms with van der Waals surface area (Å²) in [6.45, 7) is 2.72. The molecule has 1 aromatic rings. The minimum atomic E-state index is 0.0365. The fraction of sp³-hybridized carbons (Fsp3) is 0.533. The molecule has 3 N–H and O–H groups in total. The second-order valence-corrected chi connectivity index (χ2v) is 5.64. The molecule has 3 rings (SSSR count). The maximum atomic E-state index is 11.9. The normalized spacial score (nSPS) is 25.6. The number of nitrogens with two attached hydrogens (primary N) is 1. The van der Waals surface area contributed by atoms with Crippen LogP contribution in [0.25, 0.3) is 0 Å². The Kier molecular flexibility index (Phi) is 3.89. The summed E-state index contributed by atoms with van der Waals surface area (Å²) in [5.41, 5.74) is 7.11. The SMILES string of the molecule is Nc1cccc(NC(=O)CCN2CC3CCC(C2)O3)c1. The van der Waals surface area contributed by atoms with Gasteiger partial charge in [0.2, 0.25) is 5.91 Å². The van der Waals surface area contributed by atoms with E-state index in [0.29, 0.717) is 24.3 Å². The van der Waals surface area contributed by atoms with E-state index in [1.165, 1.54) is 0 Å². The van der Waals surface area contributed by atoms with Crippen LogP contribution < -0.4 is 11.1 Å². The number of hydrogen-bond acceptors (Lipinski definition) is 4. The Morgan fingerprint density at radius 3 is 2.80 bits per heavy atom. The number of carbonyl (C=O) groups excluding carboxylic acids is 1. The van der Waals surface area contributed by atoms with E-state index in [-0.39, 0.29) is 5.91 Å². The standard InChI is InChI=1S/C15H21N3O2/c16-11-2-1-3-12(8-11)17-15(19)6-7-18-9-13-4-5-14(10-18)20-13/h1-3,8,13-14H,4-7,9-10,16H2,(H,17,19). The average Bonchev–Trinajstić information content (AvgIpc) is 2.76. The van der Waals surface area contributed by atoms with Crippen molar-refractivity contribution in [1.29, 1.82) is 0 Å². The average molecular weight is 275 g/mol. The van der Waals surface area contributed by atoms with Crippen molar-refractivity contribution < 1.29 is 9.53 Å². The molecule has 0 radical (unpaired) electrons. The van der Waals surface area contributed by atoms with Crippen molar-refractivity contribution in [2.75, 3.05) is 30.7 Å². The predicted octanol–water partition coefficient (Wildman–Crippen LogP) is 1.46. The number of nitrogens with one attached hydrogen (secondary N) is 1. The lowest BCUT2D eigenvalue weighted by Crippen LogP contribution is -2.43. The molecular weight excluding hydrogens is 254 g/mol. The molecule has 5 nitrogen and oxygen atoms in total. The number of ether oxygens (including phenoxy) is 1. The van der Waals surface area contributed by atoms with E-state index in [0.717, 1.165) is 38.2 Å². The lowest BCUT2D eigenvalue weighted by atomic mass is 10.2.